The first kappa shape index (κ1) is 17.4. The van der Waals surface area contributed by atoms with Gasteiger partial charge in [0.1, 0.15) is 0 Å². The van der Waals surface area contributed by atoms with E-state index < -0.39 is 17.0 Å². The normalized spacial score (nSPS) is 29.0. The Morgan fingerprint density at radius 2 is 1.71 bits per heavy atom. The summed E-state index contributed by atoms with van der Waals surface area (Å²) in [6, 6.07) is 19.4. The van der Waals surface area contributed by atoms with Crippen LogP contribution >= 0.6 is 0 Å². The van der Waals surface area contributed by atoms with E-state index in [0.717, 1.165) is 31.2 Å². The van der Waals surface area contributed by atoms with Crippen molar-refractivity contribution in [3.8, 4) is 0 Å². The molecule has 0 aliphatic heterocycles. The summed E-state index contributed by atoms with van der Waals surface area (Å²) in [5.41, 5.74) is 0.760. The quantitative estimate of drug-likeness (QED) is 0.645. The standard InChI is InChI=1S/C24H23FN2O/c25-24(22(28)27-18-6-2-1-3-7-18)16-23(24)13-10-17(11-14-23)19-12-15-26-21-9-5-4-8-20(19)21/h1-9,12,15,17H,10-11,13-14,16H2,(H,27,28)/t17?,23?,24-/m0/s1. The van der Waals surface area contributed by atoms with Gasteiger partial charge in [-0.15, -0.1) is 0 Å². The predicted octanol–water partition coefficient (Wildman–Crippen LogP) is 5.63. The number of hydrogen-bond donors (Lipinski definition) is 1. The van der Waals surface area contributed by atoms with Crippen molar-refractivity contribution in [2.75, 3.05) is 5.32 Å². The van der Waals surface area contributed by atoms with Gasteiger partial charge in [0, 0.05) is 29.1 Å². The summed E-state index contributed by atoms with van der Waals surface area (Å²) in [4.78, 5) is 17.1. The molecule has 0 bridgehead atoms. The van der Waals surface area contributed by atoms with Crippen LogP contribution in [-0.2, 0) is 4.79 Å². The molecule has 28 heavy (non-hydrogen) atoms. The van der Waals surface area contributed by atoms with Gasteiger partial charge in [-0.2, -0.15) is 0 Å². The monoisotopic (exact) mass is 374 g/mol. The van der Waals surface area contributed by atoms with Crippen LogP contribution in [0.3, 0.4) is 0 Å². The zero-order valence-electron chi connectivity index (χ0n) is 15.7. The topological polar surface area (TPSA) is 42.0 Å². The number of fused-ring (bicyclic) bond motifs is 1. The highest BCUT2D eigenvalue weighted by Gasteiger charge is 2.73. The third-order valence-electron chi connectivity index (χ3n) is 6.75. The molecule has 4 heteroatoms. The summed E-state index contributed by atoms with van der Waals surface area (Å²) in [5.74, 6) is -0.0768. The van der Waals surface area contributed by atoms with Crippen molar-refractivity contribution in [3.63, 3.8) is 0 Å². The van der Waals surface area contributed by atoms with Crippen LogP contribution in [0, 0.1) is 5.41 Å². The Bertz CT molecular complexity index is 1020. The smallest absolute Gasteiger partial charge is 0.262 e. The van der Waals surface area contributed by atoms with Crippen molar-refractivity contribution in [1.82, 2.24) is 4.98 Å². The van der Waals surface area contributed by atoms with Crippen molar-refractivity contribution in [2.24, 2.45) is 5.41 Å². The molecule has 142 valence electrons. The number of carbonyl (C=O) groups is 1. The second kappa shape index (κ2) is 6.40. The van der Waals surface area contributed by atoms with Crippen LogP contribution in [0.25, 0.3) is 10.9 Å². The largest absolute Gasteiger partial charge is 0.323 e. The molecule has 2 aliphatic rings. The van der Waals surface area contributed by atoms with Gasteiger partial charge in [-0.05, 0) is 61.4 Å². The average molecular weight is 374 g/mol. The Labute approximate surface area is 164 Å². The number of nitrogens with zero attached hydrogens (tertiary/aromatic N) is 1. The lowest BCUT2D eigenvalue weighted by Crippen LogP contribution is -2.33. The molecule has 1 spiro atoms. The van der Waals surface area contributed by atoms with E-state index in [1.807, 2.05) is 42.6 Å². The van der Waals surface area contributed by atoms with Gasteiger partial charge in [0.25, 0.3) is 5.91 Å². The zero-order chi connectivity index (χ0) is 19.2. The van der Waals surface area contributed by atoms with Gasteiger partial charge in [-0.1, -0.05) is 36.4 Å². The van der Waals surface area contributed by atoms with Crippen LogP contribution in [0.4, 0.5) is 10.1 Å². The maximum absolute atomic E-state index is 15.5. The number of nitrogens with one attached hydrogen (secondary N) is 1. The van der Waals surface area contributed by atoms with E-state index in [2.05, 4.69) is 22.4 Å². The van der Waals surface area contributed by atoms with Crippen molar-refractivity contribution in [2.45, 2.75) is 43.7 Å². The summed E-state index contributed by atoms with van der Waals surface area (Å²) in [7, 11) is 0. The number of benzene rings is 2. The molecule has 2 fully saturated rings. The number of amides is 1. The van der Waals surface area contributed by atoms with Crippen LogP contribution in [0.5, 0.6) is 0 Å². The Morgan fingerprint density at radius 1 is 1.00 bits per heavy atom. The summed E-state index contributed by atoms with van der Waals surface area (Å²) < 4.78 is 15.5. The average Bonchev–Trinajstić information content (AvgIpc) is 3.33. The molecule has 2 aliphatic carbocycles. The number of hydrogen-bond acceptors (Lipinski definition) is 2. The maximum Gasteiger partial charge on any atom is 0.262 e. The molecule has 3 aromatic rings. The molecule has 1 atom stereocenters. The number of aromatic nitrogens is 1. The van der Waals surface area contributed by atoms with Crippen LogP contribution < -0.4 is 5.32 Å². The predicted molar refractivity (Wildman–Crippen MR) is 109 cm³/mol. The van der Waals surface area contributed by atoms with Crippen LogP contribution in [0.15, 0.2) is 66.9 Å². The van der Waals surface area contributed by atoms with E-state index in [-0.39, 0.29) is 0 Å². The fourth-order valence-corrected chi connectivity index (χ4v) is 5.02. The number of carbonyl (C=O) groups excluding carboxylic acids is 1. The van der Waals surface area contributed by atoms with Gasteiger partial charge in [0.05, 0.1) is 5.52 Å². The van der Waals surface area contributed by atoms with Gasteiger partial charge in [0.2, 0.25) is 0 Å². The van der Waals surface area contributed by atoms with Crippen LogP contribution in [0.2, 0.25) is 0 Å². The molecule has 0 saturated heterocycles. The summed E-state index contributed by atoms with van der Waals surface area (Å²) in [5, 5.41) is 3.95. The van der Waals surface area contributed by atoms with Crippen molar-refractivity contribution in [1.29, 1.82) is 0 Å². The summed E-state index contributed by atoms with van der Waals surface area (Å²) in [6.07, 6.45) is 5.56. The number of halogens is 1. The van der Waals surface area contributed by atoms with Gasteiger partial charge < -0.3 is 5.32 Å². The van der Waals surface area contributed by atoms with Crippen molar-refractivity contribution in [3.05, 3.63) is 72.4 Å². The summed E-state index contributed by atoms with van der Waals surface area (Å²) >= 11 is 0. The minimum Gasteiger partial charge on any atom is -0.323 e. The fourth-order valence-electron chi connectivity index (χ4n) is 5.02. The maximum atomic E-state index is 15.5. The Balaban J connectivity index is 1.30. The minimum absolute atomic E-state index is 0.350. The highest BCUT2D eigenvalue weighted by Crippen LogP contribution is 2.68. The third kappa shape index (κ3) is 2.70. The second-order valence-electron chi connectivity index (χ2n) is 8.27. The molecule has 2 saturated carbocycles. The van der Waals surface area contributed by atoms with E-state index in [4.69, 9.17) is 0 Å². The molecular formula is C24H23FN2O. The first-order chi connectivity index (χ1) is 13.6. The Hall–Kier alpha value is -2.75. The summed E-state index contributed by atoms with van der Waals surface area (Å²) in [6.45, 7) is 0. The van der Waals surface area contributed by atoms with Crippen molar-refractivity contribution < 1.29 is 9.18 Å². The van der Waals surface area contributed by atoms with Gasteiger partial charge in [-0.25, -0.2) is 4.39 Å². The molecular weight excluding hydrogens is 351 g/mol. The lowest BCUT2D eigenvalue weighted by Gasteiger charge is -2.31. The molecule has 2 aromatic carbocycles. The van der Waals surface area contributed by atoms with E-state index in [1.54, 1.807) is 12.1 Å². The number of alkyl halides is 1. The molecule has 1 aromatic heterocycles. The number of pyridine rings is 1. The molecule has 1 heterocycles. The minimum atomic E-state index is -1.73. The van der Waals surface area contributed by atoms with Gasteiger partial charge in [-0.3, -0.25) is 9.78 Å². The fraction of sp³-hybridized carbons (Fsp3) is 0.333. The molecule has 3 nitrogen and oxygen atoms in total. The number of rotatable bonds is 3. The van der Waals surface area contributed by atoms with E-state index in [9.17, 15) is 4.79 Å². The molecule has 5 rings (SSSR count). The van der Waals surface area contributed by atoms with E-state index in [1.165, 1.54) is 10.9 Å². The third-order valence-corrected chi connectivity index (χ3v) is 6.75. The second-order valence-corrected chi connectivity index (χ2v) is 8.27. The van der Waals surface area contributed by atoms with Crippen molar-refractivity contribution >= 4 is 22.5 Å². The number of para-hydroxylation sites is 2. The van der Waals surface area contributed by atoms with Gasteiger partial charge in [0.15, 0.2) is 5.67 Å². The highest BCUT2D eigenvalue weighted by molar-refractivity contribution is 6.00. The Morgan fingerprint density at radius 3 is 2.50 bits per heavy atom. The lowest BCUT2D eigenvalue weighted by atomic mass is 9.74. The first-order valence-electron chi connectivity index (χ1n) is 10.0. The SMILES string of the molecule is O=C(Nc1ccccc1)[C@@]1(F)CC12CCC(c1ccnc3ccccc13)CC2. The highest BCUT2D eigenvalue weighted by atomic mass is 19.1. The van der Waals surface area contributed by atoms with Crippen LogP contribution in [-0.4, -0.2) is 16.6 Å². The van der Waals surface area contributed by atoms with Crippen LogP contribution in [0.1, 0.15) is 43.6 Å². The zero-order valence-corrected chi connectivity index (χ0v) is 15.7. The molecule has 0 unspecified atom stereocenters. The molecule has 0 radical (unpaired) electrons. The molecule has 1 amide bonds. The van der Waals surface area contributed by atoms with Gasteiger partial charge >= 0.3 is 0 Å². The van der Waals surface area contributed by atoms with E-state index >= 15 is 4.39 Å². The molecule has 1 N–H and O–H groups in total. The van der Waals surface area contributed by atoms with E-state index in [0.29, 0.717) is 18.0 Å². The lowest BCUT2D eigenvalue weighted by molar-refractivity contribution is -0.124. The Kier molecular flexibility index (Phi) is 3.97. The number of anilines is 1. The first-order valence-corrected chi connectivity index (χ1v) is 10.0.